The predicted octanol–water partition coefficient (Wildman–Crippen LogP) is 0.214. The summed E-state index contributed by atoms with van der Waals surface area (Å²) in [4.78, 5) is 4.37. The zero-order chi connectivity index (χ0) is 17.1. The number of benzene rings is 1. The Labute approximate surface area is 138 Å². The van der Waals surface area contributed by atoms with Crippen LogP contribution in [0.25, 0.3) is 0 Å². The molecule has 4 N–H and O–H groups in total. The SMILES string of the molecule is CCNC(=NCCC(O)c1ccccc1)NCCNS(C)(=O)=O. The monoisotopic (exact) mass is 342 g/mol. The fourth-order valence-corrected chi connectivity index (χ4v) is 2.37. The topological polar surface area (TPSA) is 103 Å². The summed E-state index contributed by atoms with van der Waals surface area (Å²) in [6, 6.07) is 9.46. The highest BCUT2D eigenvalue weighted by atomic mass is 32.2. The van der Waals surface area contributed by atoms with Crippen LogP contribution >= 0.6 is 0 Å². The summed E-state index contributed by atoms with van der Waals surface area (Å²) >= 11 is 0. The van der Waals surface area contributed by atoms with Crippen molar-refractivity contribution in [1.29, 1.82) is 0 Å². The van der Waals surface area contributed by atoms with Gasteiger partial charge >= 0.3 is 0 Å². The van der Waals surface area contributed by atoms with Crippen molar-refractivity contribution in [2.75, 3.05) is 32.4 Å². The molecule has 0 aliphatic carbocycles. The fourth-order valence-electron chi connectivity index (χ4n) is 1.90. The molecule has 0 saturated carbocycles. The lowest BCUT2D eigenvalue weighted by Gasteiger charge is -2.13. The second kappa shape index (κ2) is 10.2. The highest BCUT2D eigenvalue weighted by molar-refractivity contribution is 7.88. The molecule has 1 rings (SSSR count). The van der Waals surface area contributed by atoms with Gasteiger partial charge in [-0.15, -0.1) is 0 Å². The largest absolute Gasteiger partial charge is 0.388 e. The van der Waals surface area contributed by atoms with E-state index in [0.717, 1.165) is 11.8 Å². The maximum Gasteiger partial charge on any atom is 0.208 e. The van der Waals surface area contributed by atoms with E-state index in [-0.39, 0.29) is 6.54 Å². The Kier molecular flexibility index (Phi) is 8.60. The van der Waals surface area contributed by atoms with Gasteiger partial charge in [0, 0.05) is 26.2 Å². The standard InChI is InChI=1S/C15H26N4O3S/c1-3-16-15(18-11-12-19-23(2,21)22)17-10-9-14(20)13-7-5-4-6-8-13/h4-8,14,19-20H,3,9-12H2,1-2H3,(H2,16,17,18). The van der Waals surface area contributed by atoms with Crippen molar-refractivity contribution in [3.63, 3.8) is 0 Å². The molecule has 0 radical (unpaired) electrons. The van der Waals surface area contributed by atoms with Gasteiger partial charge in [0.1, 0.15) is 0 Å². The molecule has 0 amide bonds. The average Bonchev–Trinajstić information content (AvgIpc) is 2.51. The molecule has 130 valence electrons. The molecular formula is C15H26N4O3S. The van der Waals surface area contributed by atoms with Crippen LogP contribution in [0.5, 0.6) is 0 Å². The van der Waals surface area contributed by atoms with E-state index >= 15 is 0 Å². The maximum atomic E-state index is 11.0. The summed E-state index contributed by atoms with van der Waals surface area (Å²) in [6.07, 6.45) is 1.09. The molecule has 0 aliphatic heterocycles. The van der Waals surface area contributed by atoms with Gasteiger partial charge in [-0.1, -0.05) is 30.3 Å². The van der Waals surface area contributed by atoms with Gasteiger partial charge in [-0.25, -0.2) is 13.1 Å². The summed E-state index contributed by atoms with van der Waals surface area (Å²) in [5.41, 5.74) is 0.873. The molecular weight excluding hydrogens is 316 g/mol. The van der Waals surface area contributed by atoms with Gasteiger partial charge in [-0.2, -0.15) is 0 Å². The van der Waals surface area contributed by atoms with E-state index in [9.17, 15) is 13.5 Å². The Bertz CT molecular complexity index is 576. The van der Waals surface area contributed by atoms with Crippen LogP contribution in [-0.2, 0) is 10.0 Å². The molecule has 1 aromatic rings. The molecule has 1 unspecified atom stereocenters. The van der Waals surface area contributed by atoms with Crippen molar-refractivity contribution in [3.05, 3.63) is 35.9 Å². The third kappa shape index (κ3) is 9.17. The second-order valence-corrected chi connectivity index (χ2v) is 6.90. The Morgan fingerprint density at radius 3 is 2.52 bits per heavy atom. The molecule has 1 atom stereocenters. The van der Waals surface area contributed by atoms with E-state index in [1.54, 1.807) is 0 Å². The van der Waals surface area contributed by atoms with Gasteiger partial charge < -0.3 is 15.7 Å². The smallest absolute Gasteiger partial charge is 0.208 e. The van der Waals surface area contributed by atoms with Gasteiger partial charge in [-0.3, -0.25) is 4.99 Å². The predicted molar refractivity (Wildman–Crippen MR) is 92.8 cm³/mol. The first-order valence-corrected chi connectivity index (χ1v) is 9.51. The summed E-state index contributed by atoms with van der Waals surface area (Å²) in [6.45, 7) is 3.83. The van der Waals surface area contributed by atoms with E-state index in [2.05, 4.69) is 20.3 Å². The summed E-state index contributed by atoms with van der Waals surface area (Å²) in [7, 11) is -3.18. The molecule has 0 fully saturated rings. The third-order valence-electron chi connectivity index (χ3n) is 2.98. The molecule has 0 bridgehead atoms. The Hall–Kier alpha value is -1.64. The number of aliphatic hydroxyl groups excluding tert-OH is 1. The molecule has 0 aliphatic rings. The Balaban J connectivity index is 2.39. The van der Waals surface area contributed by atoms with Crippen molar-refractivity contribution in [2.24, 2.45) is 4.99 Å². The first-order chi connectivity index (χ1) is 10.9. The first-order valence-electron chi connectivity index (χ1n) is 7.62. The van der Waals surface area contributed by atoms with Crippen LogP contribution in [0.3, 0.4) is 0 Å². The van der Waals surface area contributed by atoms with E-state index in [1.807, 2.05) is 37.3 Å². The van der Waals surface area contributed by atoms with Crippen molar-refractivity contribution in [2.45, 2.75) is 19.4 Å². The molecule has 8 heteroatoms. The Morgan fingerprint density at radius 1 is 1.22 bits per heavy atom. The van der Waals surface area contributed by atoms with Crippen LogP contribution in [0.4, 0.5) is 0 Å². The van der Waals surface area contributed by atoms with Crippen molar-refractivity contribution in [3.8, 4) is 0 Å². The Morgan fingerprint density at radius 2 is 1.91 bits per heavy atom. The van der Waals surface area contributed by atoms with Gasteiger partial charge in [0.05, 0.1) is 12.4 Å². The number of sulfonamides is 1. The lowest BCUT2D eigenvalue weighted by atomic mass is 10.1. The fraction of sp³-hybridized carbons (Fsp3) is 0.533. The minimum absolute atomic E-state index is 0.288. The van der Waals surface area contributed by atoms with Gasteiger partial charge in [-0.05, 0) is 18.9 Å². The minimum Gasteiger partial charge on any atom is -0.388 e. The molecule has 0 spiro atoms. The van der Waals surface area contributed by atoms with Crippen LogP contribution in [-0.4, -0.2) is 51.9 Å². The van der Waals surface area contributed by atoms with Crippen LogP contribution in [0, 0.1) is 0 Å². The number of hydrogen-bond donors (Lipinski definition) is 4. The number of nitrogens with one attached hydrogen (secondary N) is 3. The molecule has 0 aromatic heterocycles. The zero-order valence-corrected chi connectivity index (χ0v) is 14.4. The van der Waals surface area contributed by atoms with E-state index in [4.69, 9.17) is 0 Å². The number of nitrogens with zero attached hydrogens (tertiary/aromatic N) is 1. The van der Waals surface area contributed by atoms with Gasteiger partial charge in [0.15, 0.2) is 5.96 Å². The van der Waals surface area contributed by atoms with Crippen LogP contribution in [0.2, 0.25) is 0 Å². The number of guanidine groups is 1. The highest BCUT2D eigenvalue weighted by Crippen LogP contribution is 2.15. The number of aliphatic hydroxyl groups is 1. The molecule has 1 aromatic carbocycles. The highest BCUT2D eigenvalue weighted by Gasteiger charge is 2.06. The lowest BCUT2D eigenvalue weighted by Crippen LogP contribution is -2.41. The minimum atomic E-state index is -3.18. The average molecular weight is 342 g/mol. The summed E-state index contributed by atoms with van der Waals surface area (Å²) in [5.74, 6) is 0.600. The zero-order valence-electron chi connectivity index (χ0n) is 13.6. The van der Waals surface area contributed by atoms with E-state index in [1.165, 1.54) is 0 Å². The first kappa shape index (κ1) is 19.4. The van der Waals surface area contributed by atoms with Gasteiger partial charge in [0.2, 0.25) is 10.0 Å². The number of aliphatic imine (C=N–C) groups is 1. The normalized spacial score (nSPS) is 13.6. The summed E-state index contributed by atoms with van der Waals surface area (Å²) in [5, 5.41) is 16.2. The van der Waals surface area contributed by atoms with E-state index < -0.39 is 16.1 Å². The van der Waals surface area contributed by atoms with Gasteiger partial charge in [0.25, 0.3) is 0 Å². The lowest BCUT2D eigenvalue weighted by molar-refractivity contribution is 0.170. The van der Waals surface area contributed by atoms with Crippen LogP contribution in [0.15, 0.2) is 35.3 Å². The maximum absolute atomic E-state index is 11.0. The van der Waals surface area contributed by atoms with Crippen LogP contribution in [0.1, 0.15) is 25.0 Å². The van der Waals surface area contributed by atoms with E-state index in [0.29, 0.717) is 32.0 Å². The second-order valence-electron chi connectivity index (χ2n) is 5.07. The quantitative estimate of drug-likeness (QED) is 0.292. The van der Waals surface area contributed by atoms with Crippen molar-refractivity contribution >= 4 is 16.0 Å². The number of hydrogen-bond acceptors (Lipinski definition) is 4. The molecule has 7 nitrogen and oxygen atoms in total. The number of rotatable bonds is 9. The molecule has 0 saturated heterocycles. The molecule has 0 heterocycles. The summed E-state index contributed by atoms with van der Waals surface area (Å²) < 4.78 is 24.3. The van der Waals surface area contributed by atoms with Crippen LogP contribution < -0.4 is 15.4 Å². The third-order valence-corrected chi connectivity index (χ3v) is 3.71. The molecule has 23 heavy (non-hydrogen) atoms. The van der Waals surface area contributed by atoms with Crippen molar-refractivity contribution in [1.82, 2.24) is 15.4 Å². The van der Waals surface area contributed by atoms with Crippen molar-refractivity contribution < 1.29 is 13.5 Å².